The van der Waals surface area contributed by atoms with Crippen molar-refractivity contribution in [2.75, 3.05) is 6.61 Å². The van der Waals surface area contributed by atoms with E-state index < -0.39 is 18.9 Å². The van der Waals surface area contributed by atoms with Gasteiger partial charge in [0.25, 0.3) is 0 Å². The van der Waals surface area contributed by atoms with Crippen LogP contribution in [0.5, 0.6) is 0 Å². The molecule has 18 heavy (non-hydrogen) atoms. The molecule has 102 valence electrons. The summed E-state index contributed by atoms with van der Waals surface area (Å²) in [5, 5.41) is 1.84. The van der Waals surface area contributed by atoms with E-state index in [2.05, 4.69) is 4.74 Å². The molecule has 1 heterocycles. The Morgan fingerprint density at radius 3 is 2.61 bits per heavy atom. The fourth-order valence-corrected chi connectivity index (χ4v) is 1.96. The number of amides is 1. The van der Waals surface area contributed by atoms with Crippen molar-refractivity contribution in [3.05, 3.63) is 22.4 Å². The van der Waals surface area contributed by atoms with Gasteiger partial charge in [0.05, 0.1) is 6.54 Å². The third kappa shape index (κ3) is 4.95. The average Bonchev–Trinajstić information content (AvgIpc) is 2.73. The fraction of sp³-hybridized carbons (Fsp3) is 0.545. The molecule has 0 saturated heterocycles. The van der Waals surface area contributed by atoms with Crippen LogP contribution in [0.4, 0.5) is 18.0 Å². The lowest BCUT2D eigenvalue weighted by molar-refractivity contribution is -0.162. The third-order valence-corrected chi connectivity index (χ3v) is 2.98. The van der Waals surface area contributed by atoms with Gasteiger partial charge in [-0.1, -0.05) is 6.07 Å². The number of carbonyl (C=O) groups is 1. The van der Waals surface area contributed by atoms with Crippen molar-refractivity contribution in [3.63, 3.8) is 0 Å². The number of alkyl halides is 3. The van der Waals surface area contributed by atoms with Crippen LogP contribution in [0, 0.1) is 0 Å². The summed E-state index contributed by atoms with van der Waals surface area (Å²) in [5.74, 6) is 0. The maximum absolute atomic E-state index is 12.0. The van der Waals surface area contributed by atoms with Crippen LogP contribution in [0.25, 0.3) is 0 Å². The number of thiophene rings is 1. The Labute approximate surface area is 107 Å². The first-order valence-corrected chi connectivity index (χ1v) is 6.20. The second kappa shape index (κ2) is 6.08. The molecule has 0 atom stereocenters. The lowest BCUT2D eigenvalue weighted by atomic mass is 10.3. The summed E-state index contributed by atoms with van der Waals surface area (Å²) in [5.41, 5.74) is 0. The van der Waals surface area contributed by atoms with Crippen LogP contribution in [0.1, 0.15) is 18.7 Å². The topological polar surface area (TPSA) is 29.5 Å². The SMILES string of the molecule is CC(C)N(Cc1cccs1)C(=O)OCC(F)(F)F. The van der Waals surface area contributed by atoms with Gasteiger partial charge in [0.1, 0.15) is 0 Å². The average molecular weight is 281 g/mol. The van der Waals surface area contributed by atoms with Gasteiger partial charge in [0, 0.05) is 10.9 Å². The Bertz CT molecular complexity index is 376. The molecule has 0 fully saturated rings. The van der Waals surface area contributed by atoms with Crippen LogP contribution in [-0.2, 0) is 11.3 Å². The van der Waals surface area contributed by atoms with E-state index in [1.807, 2.05) is 17.5 Å². The number of hydrogen-bond donors (Lipinski definition) is 0. The third-order valence-electron chi connectivity index (χ3n) is 2.12. The van der Waals surface area contributed by atoms with Gasteiger partial charge in [-0.15, -0.1) is 11.3 Å². The van der Waals surface area contributed by atoms with Crippen molar-refractivity contribution < 1.29 is 22.7 Å². The van der Waals surface area contributed by atoms with Crippen LogP contribution in [0.2, 0.25) is 0 Å². The summed E-state index contributed by atoms with van der Waals surface area (Å²) in [6.07, 6.45) is -5.45. The Morgan fingerprint density at radius 2 is 2.17 bits per heavy atom. The molecule has 0 radical (unpaired) electrons. The zero-order valence-electron chi connectivity index (χ0n) is 10.0. The Kier molecular flexibility index (Phi) is 5.01. The first-order chi connectivity index (χ1) is 8.29. The molecule has 1 aromatic rings. The molecular formula is C11H14F3NO2S. The number of halogens is 3. The van der Waals surface area contributed by atoms with E-state index in [4.69, 9.17) is 0 Å². The highest BCUT2D eigenvalue weighted by Crippen LogP contribution is 2.18. The number of rotatable bonds is 4. The van der Waals surface area contributed by atoms with Crippen molar-refractivity contribution in [3.8, 4) is 0 Å². The fourth-order valence-electron chi connectivity index (χ4n) is 1.25. The minimum absolute atomic E-state index is 0.229. The summed E-state index contributed by atoms with van der Waals surface area (Å²) in [7, 11) is 0. The lowest BCUT2D eigenvalue weighted by Crippen LogP contribution is -2.38. The van der Waals surface area contributed by atoms with E-state index in [9.17, 15) is 18.0 Å². The molecule has 0 spiro atoms. The first kappa shape index (κ1) is 14.8. The molecule has 0 aliphatic carbocycles. The number of ether oxygens (including phenoxy) is 1. The quantitative estimate of drug-likeness (QED) is 0.843. The summed E-state index contributed by atoms with van der Waals surface area (Å²) in [6.45, 7) is 2.15. The largest absolute Gasteiger partial charge is 0.440 e. The van der Waals surface area contributed by atoms with Crippen LogP contribution in [-0.4, -0.2) is 29.8 Å². The second-order valence-corrected chi connectivity index (χ2v) is 5.00. The molecule has 1 aromatic heterocycles. The van der Waals surface area contributed by atoms with E-state index >= 15 is 0 Å². The Balaban J connectivity index is 2.59. The highest BCUT2D eigenvalue weighted by atomic mass is 32.1. The van der Waals surface area contributed by atoms with Crippen LogP contribution in [0.3, 0.4) is 0 Å². The van der Waals surface area contributed by atoms with E-state index in [0.717, 1.165) is 4.88 Å². The summed E-state index contributed by atoms with van der Waals surface area (Å²) < 4.78 is 40.1. The number of hydrogen-bond acceptors (Lipinski definition) is 3. The predicted octanol–water partition coefficient (Wildman–Crippen LogP) is 3.66. The van der Waals surface area contributed by atoms with Gasteiger partial charge in [-0.05, 0) is 25.3 Å². The highest BCUT2D eigenvalue weighted by molar-refractivity contribution is 7.09. The minimum atomic E-state index is -4.50. The molecule has 1 amide bonds. The Morgan fingerprint density at radius 1 is 1.50 bits per heavy atom. The van der Waals surface area contributed by atoms with Gasteiger partial charge in [-0.2, -0.15) is 13.2 Å². The maximum Gasteiger partial charge on any atom is 0.422 e. The van der Waals surface area contributed by atoms with Crippen molar-refractivity contribution in [2.24, 2.45) is 0 Å². The lowest BCUT2D eigenvalue weighted by Gasteiger charge is -2.25. The standard InChI is InChI=1S/C11H14F3NO2S/c1-8(2)15(6-9-4-3-5-18-9)10(16)17-7-11(12,13)14/h3-5,8H,6-7H2,1-2H3. The normalized spacial score (nSPS) is 11.7. The van der Waals surface area contributed by atoms with Gasteiger partial charge >= 0.3 is 12.3 Å². The monoisotopic (exact) mass is 281 g/mol. The van der Waals surface area contributed by atoms with Gasteiger partial charge < -0.3 is 9.64 Å². The number of nitrogens with zero attached hydrogens (tertiary/aromatic N) is 1. The summed E-state index contributed by atoms with van der Waals surface area (Å²) in [6, 6.07) is 3.41. The van der Waals surface area contributed by atoms with Crippen LogP contribution in [0.15, 0.2) is 17.5 Å². The van der Waals surface area contributed by atoms with Crippen LogP contribution < -0.4 is 0 Å². The van der Waals surface area contributed by atoms with Crippen molar-refractivity contribution in [1.29, 1.82) is 0 Å². The number of carbonyl (C=O) groups excluding carboxylic acids is 1. The van der Waals surface area contributed by atoms with Gasteiger partial charge in [-0.3, -0.25) is 0 Å². The van der Waals surface area contributed by atoms with Crippen molar-refractivity contribution >= 4 is 17.4 Å². The summed E-state index contributed by atoms with van der Waals surface area (Å²) in [4.78, 5) is 13.7. The second-order valence-electron chi connectivity index (χ2n) is 3.97. The van der Waals surface area contributed by atoms with Gasteiger partial charge in [0.2, 0.25) is 0 Å². The molecule has 3 nitrogen and oxygen atoms in total. The molecule has 0 aliphatic rings. The smallest absolute Gasteiger partial charge is 0.422 e. The van der Waals surface area contributed by atoms with E-state index in [1.54, 1.807) is 13.8 Å². The molecule has 0 unspecified atom stereocenters. The minimum Gasteiger partial charge on any atom is -0.440 e. The molecule has 0 bridgehead atoms. The predicted molar refractivity (Wildman–Crippen MR) is 62.4 cm³/mol. The van der Waals surface area contributed by atoms with Gasteiger partial charge in [-0.25, -0.2) is 4.79 Å². The van der Waals surface area contributed by atoms with E-state index in [-0.39, 0.29) is 12.6 Å². The molecule has 1 rings (SSSR count). The van der Waals surface area contributed by atoms with Crippen LogP contribution >= 0.6 is 11.3 Å². The Hall–Kier alpha value is -1.24. The maximum atomic E-state index is 12.0. The zero-order valence-corrected chi connectivity index (χ0v) is 10.8. The van der Waals surface area contributed by atoms with Crippen molar-refractivity contribution in [1.82, 2.24) is 4.90 Å². The highest BCUT2D eigenvalue weighted by Gasteiger charge is 2.31. The van der Waals surface area contributed by atoms with Crippen molar-refractivity contribution in [2.45, 2.75) is 32.6 Å². The molecule has 0 N–H and O–H groups in total. The molecule has 0 aromatic carbocycles. The van der Waals surface area contributed by atoms with E-state index in [0.29, 0.717) is 0 Å². The molecule has 7 heteroatoms. The van der Waals surface area contributed by atoms with E-state index in [1.165, 1.54) is 16.2 Å². The first-order valence-electron chi connectivity index (χ1n) is 5.32. The molecule has 0 saturated carbocycles. The molecular weight excluding hydrogens is 267 g/mol. The van der Waals surface area contributed by atoms with Gasteiger partial charge in [0.15, 0.2) is 6.61 Å². The zero-order chi connectivity index (χ0) is 13.8. The molecule has 0 aliphatic heterocycles. The summed E-state index contributed by atoms with van der Waals surface area (Å²) >= 11 is 1.44.